The zero-order valence-electron chi connectivity index (χ0n) is 20.8. The topological polar surface area (TPSA) is 81.7 Å². The molecule has 0 aliphatic heterocycles. The fourth-order valence-electron chi connectivity index (χ4n) is 4.47. The van der Waals surface area contributed by atoms with Crippen molar-refractivity contribution in [3.8, 4) is 0 Å². The van der Waals surface area contributed by atoms with Crippen molar-refractivity contribution >= 4 is 38.4 Å². The lowest BCUT2D eigenvalue weighted by atomic mass is 9.85. The van der Waals surface area contributed by atoms with Crippen LogP contribution in [0.2, 0.25) is 0 Å². The second-order valence-corrected chi connectivity index (χ2v) is 11.4. The summed E-state index contributed by atoms with van der Waals surface area (Å²) in [4.78, 5) is 36.5. The first-order chi connectivity index (χ1) is 17.2. The normalized spacial score (nSPS) is 14.2. The molecule has 1 saturated carbocycles. The van der Waals surface area contributed by atoms with Crippen LogP contribution in [0.3, 0.4) is 0 Å². The lowest BCUT2D eigenvalue weighted by Crippen LogP contribution is -2.40. The van der Waals surface area contributed by atoms with E-state index in [-0.39, 0.29) is 11.7 Å². The SMILES string of the molecule is CC(C)(C)OC(=O)N(Cc1ccc2nc(Cn3ccc4c(Br)cncc4c3=O)cn2c1)CC1CCC1. The van der Waals surface area contributed by atoms with Crippen LogP contribution in [0.5, 0.6) is 0 Å². The fourth-order valence-corrected chi connectivity index (χ4v) is 4.93. The van der Waals surface area contributed by atoms with Crippen molar-refractivity contribution in [1.82, 2.24) is 23.8 Å². The molecule has 0 saturated heterocycles. The van der Waals surface area contributed by atoms with E-state index < -0.39 is 5.60 Å². The maximum atomic E-state index is 13.0. The summed E-state index contributed by atoms with van der Waals surface area (Å²) in [5.41, 5.74) is 1.91. The van der Waals surface area contributed by atoms with Crippen molar-refractivity contribution in [1.29, 1.82) is 0 Å². The Morgan fingerprint density at radius 1 is 1.17 bits per heavy atom. The summed E-state index contributed by atoms with van der Waals surface area (Å²) in [5, 5.41) is 1.40. The van der Waals surface area contributed by atoms with Gasteiger partial charge in [-0.05, 0) is 73.2 Å². The molecule has 0 radical (unpaired) electrons. The molecule has 0 bridgehead atoms. The maximum absolute atomic E-state index is 13.0. The van der Waals surface area contributed by atoms with E-state index in [1.54, 1.807) is 23.2 Å². The molecule has 9 heteroatoms. The van der Waals surface area contributed by atoms with Crippen LogP contribution in [-0.2, 0) is 17.8 Å². The molecule has 4 aromatic rings. The smallest absolute Gasteiger partial charge is 0.410 e. The number of halogens is 1. The summed E-state index contributed by atoms with van der Waals surface area (Å²) in [7, 11) is 0. The van der Waals surface area contributed by atoms with Crippen molar-refractivity contribution in [3.63, 3.8) is 0 Å². The van der Waals surface area contributed by atoms with E-state index in [2.05, 4.69) is 20.9 Å². The first kappa shape index (κ1) is 24.5. The number of carbonyl (C=O) groups excluding carboxylic acids is 1. The van der Waals surface area contributed by atoms with Gasteiger partial charge in [0.15, 0.2) is 0 Å². The number of hydrogen-bond donors (Lipinski definition) is 0. The van der Waals surface area contributed by atoms with Crippen LogP contribution in [-0.4, -0.2) is 42.1 Å². The predicted octanol–water partition coefficient (Wildman–Crippen LogP) is 5.39. The van der Waals surface area contributed by atoms with Gasteiger partial charge in [0.1, 0.15) is 11.2 Å². The number of aromatic nitrogens is 4. The standard InChI is InChI=1S/C27H30BrN5O3/c1-27(2,3)36-26(35)33(13-18-5-4-6-18)15-19-7-8-24-30-20(17-32(24)14-19)16-31-10-9-21-22(25(31)34)11-29-12-23(21)28/h7-12,14,17-18H,4-6,13,15-16H2,1-3H3. The zero-order valence-corrected chi connectivity index (χ0v) is 22.4. The summed E-state index contributed by atoms with van der Waals surface area (Å²) in [6, 6.07) is 5.85. The molecule has 36 heavy (non-hydrogen) atoms. The molecule has 5 rings (SSSR count). The summed E-state index contributed by atoms with van der Waals surface area (Å²) in [6.07, 6.45) is 12.2. The van der Waals surface area contributed by atoms with E-state index in [4.69, 9.17) is 9.72 Å². The minimum absolute atomic E-state index is 0.108. The lowest BCUT2D eigenvalue weighted by Gasteiger charge is -2.33. The first-order valence-electron chi connectivity index (χ1n) is 12.2. The van der Waals surface area contributed by atoms with Crippen molar-refractivity contribution in [3.05, 3.63) is 75.3 Å². The van der Waals surface area contributed by atoms with Crippen LogP contribution in [0, 0.1) is 5.92 Å². The van der Waals surface area contributed by atoms with Gasteiger partial charge < -0.3 is 18.6 Å². The highest BCUT2D eigenvalue weighted by molar-refractivity contribution is 9.10. The van der Waals surface area contributed by atoms with E-state index in [1.807, 2.05) is 60.7 Å². The van der Waals surface area contributed by atoms with E-state index in [0.29, 0.717) is 30.9 Å². The number of rotatable bonds is 6. The van der Waals surface area contributed by atoms with Gasteiger partial charge in [-0.15, -0.1) is 0 Å². The Labute approximate surface area is 218 Å². The summed E-state index contributed by atoms with van der Waals surface area (Å²) < 4.78 is 10.1. The first-order valence-corrected chi connectivity index (χ1v) is 13.0. The molecular formula is C27H30BrN5O3. The highest BCUT2D eigenvalue weighted by Crippen LogP contribution is 2.28. The number of fused-ring (bicyclic) bond motifs is 2. The van der Waals surface area contributed by atoms with E-state index in [0.717, 1.165) is 39.6 Å². The molecule has 1 aliphatic rings. The molecule has 8 nitrogen and oxygen atoms in total. The monoisotopic (exact) mass is 551 g/mol. The third kappa shape index (κ3) is 5.31. The molecule has 1 fully saturated rings. The van der Waals surface area contributed by atoms with Crippen molar-refractivity contribution < 1.29 is 9.53 Å². The van der Waals surface area contributed by atoms with Gasteiger partial charge in [0.05, 0.1) is 24.2 Å². The van der Waals surface area contributed by atoms with Crippen molar-refractivity contribution in [2.75, 3.05) is 6.54 Å². The number of imidazole rings is 1. The van der Waals surface area contributed by atoms with Crippen molar-refractivity contribution in [2.24, 2.45) is 5.92 Å². The van der Waals surface area contributed by atoms with E-state index in [9.17, 15) is 9.59 Å². The number of amides is 1. The van der Waals surface area contributed by atoms with Crippen LogP contribution in [0.1, 0.15) is 51.3 Å². The Morgan fingerprint density at radius 3 is 2.69 bits per heavy atom. The van der Waals surface area contributed by atoms with Gasteiger partial charge >= 0.3 is 6.09 Å². The van der Waals surface area contributed by atoms with Gasteiger partial charge in [-0.3, -0.25) is 9.78 Å². The average molecular weight is 552 g/mol. The molecular weight excluding hydrogens is 522 g/mol. The summed E-state index contributed by atoms with van der Waals surface area (Å²) >= 11 is 3.45. The van der Waals surface area contributed by atoms with Crippen molar-refractivity contribution in [2.45, 2.75) is 58.7 Å². The Bertz CT molecular complexity index is 1480. The summed E-state index contributed by atoms with van der Waals surface area (Å²) in [6.45, 7) is 7.20. The Balaban J connectivity index is 1.37. The summed E-state index contributed by atoms with van der Waals surface area (Å²) in [5.74, 6) is 0.539. The zero-order chi connectivity index (χ0) is 25.4. The van der Waals surface area contributed by atoms with E-state index in [1.165, 1.54) is 6.42 Å². The Morgan fingerprint density at radius 2 is 1.97 bits per heavy atom. The van der Waals surface area contributed by atoms with Gasteiger partial charge in [-0.2, -0.15) is 0 Å². The molecule has 1 aliphatic carbocycles. The minimum Gasteiger partial charge on any atom is -0.444 e. The quantitative estimate of drug-likeness (QED) is 0.320. The molecule has 0 N–H and O–H groups in total. The molecule has 0 unspecified atom stereocenters. The third-order valence-corrected chi connectivity index (χ3v) is 7.11. The predicted molar refractivity (Wildman–Crippen MR) is 142 cm³/mol. The van der Waals surface area contributed by atoms with Gasteiger partial charge in [-0.1, -0.05) is 12.5 Å². The molecule has 0 atom stereocenters. The molecule has 4 aromatic heterocycles. The second-order valence-electron chi connectivity index (χ2n) is 10.5. The van der Waals surface area contributed by atoms with E-state index >= 15 is 0 Å². The van der Waals surface area contributed by atoms with Gasteiger partial charge in [0.2, 0.25) is 0 Å². The van der Waals surface area contributed by atoms with Gasteiger partial charge in [-0.25, -0.2) is 9.78 Å². The molecule has 1 amide bonds. The highest BCUT2D eigenvalue weighted by Gasteiger charge is 2.27. The number of nitrogens with zero attached hydrogens (tertiary/aromatic N) is 5. The lowest BCUT2D eigenvalue weighted by molar-refractivity contribution is 0.0173. The molecule has 4 heterocycles. The van der Waals surface area contributed by atoms with Crippen LogP contribution in [0.15, 0.2) is 58.5 Å². The van der Waals surface area contributed by atoms with Crippen LogP contribution >= 0.6 is 15.9 Å². The average Bonchev–Trinajstić information content (AvgIpc) is 3.18. The number of carbonyl (C=O) groups is 1. The fraction of sp³-hybridized carbons (Fsp3) is 0.407. The Hall–Kier alpha value is -3.20. The third-order valence-electron chi connectivity index (χ3n) is 6.47. The van der Waals surface area contributed by atoms with Crippen LogP contribution in [0.4, 0.5) is 4.79 Å². The molecule has 0 aromatic carbocycles. The number of hydrogen-bond acceptors (Lipinski definition) is 5. The molecule has 0 spiro atoms. The minimum atomic E-state index is -0.537. The number of ether oxygens (including phenoxy) is 1. The van der Waals surface area contributed by atoms with Gasteiger partial charge in [0.25, 0.3) is 5.56 Å². The largest absolute Gasteiger partial charge is 0.444 e. The number of pyridine rings is 3. The van der Waals surface area contributed by atoms with Crippen LogP contribution < -0.4 is 5.56 Å². The maximum Gasteiger partial charge on any atom is 0.410 e. The highest BCUT2D eigenvalue weighted by atomic mass is 79.9. The van der Waals surface area contributed by atoms with Crippen LogP contribution in [0.25, 0.3) is 16.4 Å². The second kappa shape index (κ2) is 9.69. The Kier molecular flexibility index (Phi) is 6.59. The van der Waals surface area contributed by atoms with Gasteiger partial charge in [0, 0.05) is 47.4 Å². The molecule has 188 valence electrons.